The van der Waals surface area contributed by atoms with Crippen LogP contribution >= 0.6 is 0 Å². The minimum Gasteiger partial charge on any atom is -0.412 e. The van der Waals surface area contributed by atoms with Crippen LogP contribution in [0.25, 0.3) is 0 Å². The smallest absolute Gasteiger partial charge is 0.412 e. The first kappa shape index (κ1) is 18.2. The largest absolute Gasteiger partial charge is 0.412 e. The van der Waals surface area contributed by atoms with E-state index in [4.69, 9.17) is 10.8 Å². The maximum absolute atomic E-state index is 10.5. The summed E-state index contributed by atoms with van der Waals surface area (Å²) in [5, 5.41) is 8.18. The van der Waals surface area contributed by atoms with E-state index in [-0.39, 0.29) is 23.8 Å². The zero-order valence-corrected chi connectivity index (χ0v) is 7.48. The Labute approximate surface area is 83.0 Å². The number of carbonyl (C=O) groups excluding carboxylic acids is 1. The van der Waals surface area contributed by atoms with Gasteiger partial charge in [0.1, 0.15) is 0 Å². The van der Waals surface area contributed by atoms with Crippen molar-refractivity contribution in [1.29, 1.82) is 0 Å². The molecule has 1 unspecified atom stereocenters. The molecule has 84 valence electrons. The molecule has 0 rings (SSSR count). The van der Waals surface area contributed by atoms with Gasteiger partial charge in [-0.2, -0.15) is 0 Å². The summed E-state index contributed by atoms with van der Waals surface area (Å²) in [5.74, 6) is -1.78. The van der Waals surface area contributed by atoms with Crippen molar-refractivity contribution in [3.8, 4) is 0 Å². The number of nitrogens with two attached hydrogens (primary N) is 1. The van der Waals surface area contributed by atoms with Crippen LogP contribution in [-0.2, 0) is 29.8 Å². The van der Waals surface area contributed by atoms with Crippen LogP contribution in [0.5, 0.6) is 0 Å². The van der Waals surface area contributed by atoms with Gasteiger partial charge in [-0.25, -0.2) is 0 Å². The van der Waals surface area contributed by atoms with Crippen molar-refractivity contribution in [1.82, 2.24) is 0 Å². The van der Waals surface area contributed by atoms with Gasteiger partial charge in [0.05, 0.1) is 0 Å². The van der Waals surface area contributed by atoms with Gasteiger partial charge < -0.3 is 11.0 Å². The van der Waals surface area contributed by atoms with E-state index < -0.39 is 18.0 Å². The summed E-state index contributed by atoms with van der Waals surface area (Å²) in [7, 11) is 0. The maximum atomic E-state index is 10.5. The van der Waals surface area contributed by atoms with Gasteiger partial charge in [0.15, 0.2) is 0 Å². The Morgan fingerprint density at radius 1 is 1.46 bits per heavy atom. The van der Waals surface area contributed by atoms with Crippen molar-refractivity contribution in [3.05, 3.63) is 0 Å². The molecule has 0 amide bonds. The van der Waals surface area contributed by atoms with E-state index in [1.807, 2.05) is 0 Å². The Bertz CT molecular complexity index is 163. The Kier molecular flexibility index (Phi) is 13.2. The molecule has 0 aromatic rings. The molecule has 0 aromatic heterocycles. The maximum Gasteiger partial charge on any atom is -0.412 e. The molecular formula is C5H12CuNO6. The minimum absolute atomic E-state index is 0. The van der Waals surface area contributed by atoms with Gasteiger partial charge in [0, 0.05) is 0 Å². The van der Waals surface area contributed by atoms with E-state index in [0.717, 1.165) is 0 Å². The molecule has 1 atom stereocenters. The van der Waals surface area contributed by atoms with Crippen molar-refractivity contribution in [2.24, 2.45) is 5.73 Å². The number of aliphatic carboxylic acids is 1. The Morgan fingerprint density at radius 3 is 2.23 bits per heavy atom. The molecule has 0 fully saturated rings. The predicted molar refractivity (Wildman–Crippen MR) is 38.2 cm³/mol. The third-order valence-corrected chi connectivity index (χ3v) is 1.22. The van der Waals surface area contributed by atoms with Crippen LogP contribution < -0.4 is 5.73 Å². The number of carbonyl (C=O) groups is 2. The second-order valence-corrected chi connectivity index (χ2v) is 2.11. The molecule has 7 N–H and O–H groups in total. The molecule has 0 radical (unpaired) electrons. The Morgan fingerprint density at radius 2 is 1.92 bits per heavy atom. The SMILES string of the molecule is NC(CCC(=O)O)C(=O)[O][Cu].O.O. The molecule has 0 bridgehead atoms. The first-order chi connectivity index (χ1) is 5.07. The van der Waals surface area contributed by atoms with Crippen LogP contribution in [0.4, 0.5) is 0 Å². The number of carboxylic acids is 1. The van der Waals surface area contributed by atoms with E-state index >= 15 is 0 Å². The molecule has 0 aliphatic carbocycles. The normalized spacial score (nSPS) is 10.4. The second kappa shape index (κ2) is 9.43. The fourth-order valence-electron chi connectivity index (χ4n) is 0.442. The van der Waals surface area contributed by atoms with Crippen molar-refractivity contribution in [2.45, 2.75) is 18.9 Å². The molecule has 13 heavy (non-hydrogen) atoms. The van der Waals surface area contributed by atoms with E-state index in [1.54, 1.807) is 0 Å². The molecule has 0 aliphatic heterocycles. The summed E-state index contributed by atoms with van der Waals surface area (Å²) in [6.07, 6.45) is -0.120. The molecule has 0 aliphatic rings. The summed E-state index contributed by atoms with van der Waals surface area (Å²) in [4.78, 5) is 20.5. The first-order valence-corrected chi connectivity index (χ1v) is 3.23. The second-order valence-electron chi connectivity index (χ2n) is 1.92. The van der Waals surface area contributed by atoms with Gasteiger partial charge in [0.2, 0.25) is 0 Å². The van der Waals surface area contributed by atoms with Gasteiger partial charge in [-0.3, -0.25) is 0 Å². The molecule has 7 nitrogen and oxygen atoms in total. The molecular weight excluding hydrogens is 234 g/mol. The molecule has 0 heterocycles. The summed E-state index contributed by atoms with van der Waals surface area (Å²) < 4.78 is 3.85. The average Bonchev–Trinajstić information content (AvgIpc) is 1.98. The van der Waals surface area contributed by atoms with Gasteiger partial charge in [0.25, 0.3) is 0 Å². The quantitative estimate of drug-likeness (QED) is 0.526. The van der Waals surface area contributed by atoms with Gasteiger partial charge in [-0.05, 0) is 0 Å². The van der Waals surface area contributed by atoms with Gasteiger partial charge >= 0.3 is 71.4 Å². The van der Waals surface area contributed by atoms with Crippen molar-refractivity contribution in [2.75, 3.05) is 0 Å². The molecule has 8 heteroatoms. The summed E-state index contributed by atoms with van der Waals surface area (Å²) in [5.41, 5.74) is 5.17. The summed E-state index contributed by atoms with van der Waals surface area (Å²) >= 11 is 4.09. The van der Waals surface area contributed by atoms with Gasteiger partial charge in [-0.1, -0.05) is 0 Å². The third-order valence-electron chi connectivity index (χ3n) is 1.03. The average molecular weight is 246 g/mol. The van der Waals surface area contributed by atoms with E-state index in [2.05, 4.69) is 20.2 Å². The monoisotopic (exact) mass is 245 g/mol. The van der Waals surface area contributed by atoms with Crippen molar-refractivity contribution < 1.29 is 45.8 Å². The fraction of sp³-hybridized carbons (Fsp3) is 0.600. The first-order valence-electron chi connectivity index (χ1n) is 2.84. The number of hydrogen-bond acceptors (Lipinski definition) is 4. The van der Waals surface area contributed by atoms with Crippen LogP contribution in [0, 0.1) is 0 Å². The fourth-order valence-corrected chi connectivity index (χ4v) is 0.585. The Hall–Kier alpha value is -0.661. The zero-order chi connectivity index (χ0) is 8.85. The van der Waals surface area contributed by atoms with Crippen LogP contribution in [0.3, 0.4) is 0 Å². The van der Waals surface area contributed by atoms with E-state index in [0.29, 0.717) is 0 Å². The number of rotatable bonds is 4. The predicted octanol–water partition coefficient (Wildman–Crippen LogP) is -2.47. The van der Waals surface area contributed by atoms with Crippen LogP contribution in [0.1, 0.15) is 12.8 Å². The van der Waals surface area contributed by atoms with Crippen LogP contribution in [-0.4, -0.2) is 34.0 Å². The standard InChI is InChI=1S/C5H9NO4.Cu.2H2O/c6-3(5(9)10)1-2-4(7)8;;;/h3H,1-2,6H2,(H,7,8)(H,9,10);;2*1H2/q;+1;;/p-1. The van der Waals surface area contributed by atoms with E-state index in [9.17, 15) is 9.59 Å². The molecule has 0 saturated carbocycles. The molecule has 0 spiro atoms. The van der Waals surface area contributed by atoms with Crippen LogP contribution in [0.15, 0.2) is 0 Å². The van der Waals surface area contributed by atoms with Gasteiger partial charge in [-0.15, -0.1) is 0 Å². The van der Waals surface area contributed by atoms with Crippen LogP contribution in [0.2, 0.25) is 0 Å². The molecule has 0 aromatic carbocycles. The summed E-state index contributed by atoms with van der Waals surface area (Å²) in [6, 6.07) is -0.932. The third kappa shape index (κ3) is 9.25. The van der Waals surface area contributed by atoms with Crippen molar-refractivity contribution in [3.63, 3.8) is 0 Å². The number of hydrogen-bond donors (Lipinski definition) is 2. The zero-order valence-electron chi connectivity index (χ0n) is 6.54. The summed E-state index contributed by atoms with van der Waals surface area (Å²) in [6.45, 7) is 0. The Balaban J connectivity index is -0.000000500. The topological polar surface area (TPSA) is 153 Å². The molecule has 0 saturated heterocycles. The number of carboxylic acid groups (broad SMARTS) is 1. The van der Waals surface area contributed by atoms with Crippen molar-refractivity contribution >= 4 is 11.9 Å². The minimum atomic E-state index is -1.00. The van der Waals surface area contributed by atoms with E-state index in [1.165, 1.54) is 0 Å².